The van der Waals surface area contributed by atoms with Crippen LogP contribution in [0.3, 0.4) is 0 Å². The van der Waals surface area contributed by atoms with Gasteiger partial charge in [-0.05, 0) is 44.4 Å². The van der Waals surface area contributed by atoms with E-state index in [1.165, 1.54) is 18.4 Å². The number of hydrogen-bond acceptors (Lipinski definition) is 2. The lowest BCUT2D eigenvalue weighted by molar-refractivity contribution is 1.00. The lowest BCUT2D eigenvalue weighted by Gasteiger charge is -2.10. The van der Waals surface area contributed by atoms with Crippen LogP contribution in [0.1, 0.15) is 24.1 Å². The van der Waals surface area contributed by atoms with Gasteiger partial charge < -0.3 is 5.32 Å². The van der Waals surface area contributed by atoms with Gasteiger partial charge in [0, 0.05) is 22.4 Å². The molecule has 1 saturated carbocycles. The standard InChI is InChI=1S/C14H16BrN3/c1-9-3-6-12(7-13(9)15)18-8-10(2)16-14(18)17-11-4-5-11/h3,6-8,11H,4-5H2,1-2H3,(H,16,17). The van der Waals surface area contributed by atoms with Crippen LogP contribution in [0.25, 0.3) is 5.69 Å². The molecule has 1 heterocycles. The van der Waals surface area contributed by atoms with Crippen molar-refractivity contribution in [3.8, 4) is 5.69 Å². The molecule has 18 heavy (non-hydrogen) atoms. The zero-order valence-electron chi connectivity index (χ0n) is 10.6. The van der Waals surface area contributed by atoms with Crippen LogP contribution in [0.5, 0.6) is 0 Å². The largest absolute Gasteiger partial charge is 0.353 e. The van der Waals surface area contributed by atoms with E-state index in [1.807, 2.05) is 6.92 Å². The summed E-state index contributed by atoms with van der Waals surface area (Å²) < 4.78 is 3.25. The highest BCUT2D eigenvalue weighted by Crippen LogP contribution is 2.27. The van der Waals surface area contributed by atoms with Crippen molar-refractivity contribution in [2.75, 3.05) is 5.32 Å². The van der Waals surface area contributed by atoms with Gasteiger partial charge in [-0.25, -0.2) is 4.98 Å². The fourth-order valence-corrected chi connectivity index (χ4v) is 2.30. The number of anilines is 1. The molecular formula is C14H16BrN3. The quantitative estimate of drug-likeness (QED) is 0.934. The van der Waals surface area contributed by atoms with Crippen LogP contribution < -0.4 is 5.32 Å². The van der Waals surface area contributed by atoms with Gasteiger partial charge in [-0.2, -0.15) is 0 Å². The molecule has 4 heteroatoms. The zero-order chi connectivity index (χ0) is 12.7. The van der Waals surface area contributed by atoms with Crippen LogP contribution in [0.4, 0.5) is 5.95 Å². The highest BCUT2D eigenvalue weighted by Gasteiger charge is 2.23. The molecule has 94 valence electrons. The van der Waals surface area contributed by atoms with Crippen LogP contribution in [-0.4, -0.2) is 15.6 Å². The van der Waals surface area contributed by atoms with Gasteiger partial charge in [-0.1, -0.05) is 22.0 Å². The molecule has 0 saturated heterocycles. The van der Waals surface area contributed by atoms with Gasteiger partial charge in [-0.3, -0.25) is 4.57 Å². The highest BCUT2D eigenvalue weighted by atomic mass is 79.9. The van der Waals surface area contributed by atoms with E-state index in [4.69, 9.17) is 0 Å². The monoisotopic (exact) mass is 305 g/mol. The maximum absolute atomic E-state index is 4.56. The van der Waals surface area contributed by atoms with Crippen LogP contribution in [-0.2, 0) is 0 Å². The van der Waals surface area contributed by atoms with Gasteiger partial charge >= 0.3 is 0 Å². The topological polar surface area (TPSA) is 29.9 Å². The molecule has 0 radical (unpaired) electrons. The molecule has 3 nitrogen and oxygen atoms in total. The number of rotatable bonds is 3. The Balaban J connectivity index is 2.00. The summed E-state index contributed by atoms with van der Waals surface area (Å²) in [6.45, 7) is 4.12. The molecular weight excluding hydrogens is 290 g/mol. The molecule has 1 aromatic heterocycles. The highest BCUT2D eigenvalue weighted by molar-refractivity contribution is 9.10. The lowest BCUT2D eigenvalue weighted by Crippen LogP contribution is -2.07. The fraction of sp³-hybridized carbons (Fsp3) is 0.357. The Bertz CT molecular complexity index is 585. The minimum atomic E-state index is 0.611. The Hall–Kier alpha value is -1.29. The van der Waals surface area contributed by atoms with Crippen molar-refractivity contribution in [3.63, 3.8) is 0 Å². The summed E-state index contributed by atoms with van der Waals surface area (Å²) in [5, 5.41) is 3.47. The van der Waals surface area contributed by atoms with E-state index in [1.54, 1.807) is 0 Å². The Morgan fingerprint density at radius 1 is 1.33 bits per heavy atom. The van der Waals surface area contributed by atoms with Crippen molar-refractivity contribution in [1.82, 2.24) is 9.55 Å². The van der Waals surface area contributed by atoms with E-state index in [9.17, 15) is 0 Å². The second-order valence-corrected chi connectivity index (χ2v) is 5.78. The second-order valence-electron chi connectivity index (χ2n) is 4.93. The molecule has 1 aromatic carbocycles. The molecule has 0 unspecified atom stereocenters. The summed E-state index contributed by atoms with van der Waals surface area (Å²) in [5.74, 6) is 0.950. The molecule has 1 fully saturated rings. The first-order chi connectivity index (χ1) is 8.63. The van der Waals surface area contributed by atoms with Crippen molar-refractivity contribution in [3.05, 3.63) is 40.1 Å². The summed E-state index contributed by atoms with van der Waals surface area (Å²) in [6.07, 6.45) is 4.58. The average molecular weight is 306 g/mol. The van der Waals surface area contributed by atoms with Gasteiger partial charge in [0.1, 0.15) is 0 Å². The fourth-order valence-electron chi connectivity index (χ4n) is 1.94. The normalized spacial score (nSPS) is 14.8. The van der Waals surface area contributed by atoms with Crippen LogP contribution in [0.15, 0.2) is 28.9 Å². The molecule has 0 atom stereocenters. The molecule has 1 aliphatic carbocycles. The lowest BCUT2D eigenvalue weighted by atomic mass is 10.2. The third-order valence-electron chi connectivity index (χ3n) is 3.17. The van der Waals surface area contributed by atoms with E-state index < -0.39 is 0 Å². The Labute approximate surface area is 115 Å². The van der Waals surface area contributed by atoms with E-state index in [2.05, 4.69) is 62.1 Å². The number of nitrogens with one attached hydrogen (secondary N) is 1. The summed E-state index contributed by atoms with van der Waals surface area (Å²) >= 11 is 3.58. The van der Waals surface area contributed by atoms with Crippen molar-refractivity contribution in [1.29, 1.82) is 0 Å². The molecule has 0 spiro atoms. The number of nitrogens with zero attached hydrogens (tertiary/aromatic N) is 2. The van der Waals surface area contributed by atoms with Crippen LogP contribution in [0.2, 0.25) is 0 Å². The maximum atomic E-state index is 4.56. The van der Waals surface area contributed by atoms with Crippen molar-refractivity contribution in [2.45, 2.75) is 32.7 Å². The Kier molecular flexibility index (Phi) is 2.90. The number of halogens is 1. The molecule has 3 rings (SSSR count). The predicted molar refractivity (Wildman–Crippen MR) is 77.4 cm³/mol. The van der Waals surface area contributed by atoms with E-state index in [-0.39, 0.29) is 0 Å². The van der Waals surface area contributed by atoms with Crippen molar-refractivity contribution < 1.29 is 0 Å². The summed E-state index contributed by atoms with van der Waals surface area (Å²) in [6, 6.07) is 6.99. The Morgan fingerprint density at radius 2 is 2.11 bits per heavy atom. The van der Waals surface area contributed by atoms with Crippen molar-refractivity contribution >= 4 is 21.9 Å². The Morgan fingerprint density at radius 3 is 2.78 bits per heavy atom. The molecule has 1 N–H and O–H groups in total. The molecule has 2 aromatic rings. The number of hydrogen-bond donors (Lipinski definition) is 1. The van der Waals surface area contributed by atoms with Gasteiger partial charge in [-0.15, -0.1) is 0 Å². The third kappa shape index (κ3) is 2.29. The van der Waals surface area contributed by atoms with Gasteiger partial charge in [0.15, 0.2) is 0 Å². The zero-order valence-corrected chi connectivity index (χ0v) is 12.2. The minimum absolute atomic E-state index is 0.611. The number of imidazole rings is 1. The van der Waals surface area contributed by atoms with E-state index in [0.29, 0.717) is 6.04 Å². The first kappa shape index (κ1) is 11.8. The number of aryl methyl sites for hydroxylation is 2. The molecule has 0 aliphatic heterocycles. The van der Waals surface area contributed by atoms with E-state index in [0.717, 1.165) is 21.8 Å². The van der Waals surface area contributed by atoms with Crippen molar-refractivity contribution in [2.24, 2.45) is 0 Å². The predicted octanol–water partition coefficient (Wildman–Crippen LogP) is 3.83. The second kappa shape index (κ2) is 4.43. The van der Waals surface area contributed by atoms with Gasteiger partial charge in [0.25, 0.3) is 0 Å². The third-order valence-corrected chi connectivity index (χ3v) is 4.02. The first-order valence-corrected chi connectivity index (χ1v) is 7.02. The van der Waals surface area contributed by atoms with E-state index >= 15 is 0 Å². The smallest absolute Gasteiger partial charge is 0.207 e. The SMILES string of the molecule is Cc1cn(-c2ccc(C)c(Br)c2)c(NC2CC2)n1. The number of benzene rings is 1. The summed E-state index contributed by atoms with van der Waals surface area (Å²) in [5.41, 5.74) is 3.42. The van der Waals surface area contributed by atoms with Crippen LogP contribution in [0, 0.1) is 13.8 Å². The summed E-state index contributed by atoms with van der Waals surface area (Å²) in [7, 11) is 0. The first-order valence-electron chi connectivity index (χ1n) is 6.22. The molecule has 1 aliphatic rings. The van der Waals surface area contributed by atoms with Crippen LogP contribution >= 0.6 is 15.9 Å². The average Bonchev–Trinajstić information content (AvgIpc) is 3.06. The molecule has 0 amide bonds. The number of aromatic nitrogens is 2. The minimum Gasteiger partial charge on any atom is -0.353 e. The summed E-state index contributed by atoms with van der Waals surface area (Å²) in [4.78, 5) is 4.56. The maximum Gasteiger partial charge on any atom is 0.207 e. The van der Waals surface area contributed by atoms with Gasteiger partial charge in [0.2, 0.25) is 5.95 Å². The molecule has 0 bridgehead atoms. The van der Waals surface area contributed by atoms with Gasteiger partial charge in [0.05, 0.1) is 5.69 Å².